The zero-order chi connectivity index (χ0) is 14.5. The minimum atomic E-state index is 0.0323. The van der Waals surface area contributed by atoms with Crippen LogP contribution >= 0.6 is 0 Å². The maximum Gasteiger partial charge on any atom is 0.179 e. The van der Waals surface area contributed by atoms with E-state index in [1.165, 1.54) is 12.8 Å². The van der Waals surface area contributed by atoms with E-state index in [1.807, 2.05) is 30.3 Å². The van der Waals surface area contributed by atoms with E-state index in [1.54, 1.807) is 0 Å². The van der Waals surface area contributed by atoms with Crippen molar-refractivity contribution < 1.29 is 4.79 Å². The molecule has 0 amide bonds. The summed E-state index contributed by atoms with van der Waals surface area (Å²) in [5, 5.41) is 0. The Kier molecular flexibility index (Phi) is 5.32. The molecule has 1 aromatic rings. The van der Waals surface area contributed by atoms with Gasteiger partial charge in [-0.05, 0) is 39.9 Å². The second-order valence-corrected chi connectivity index (χ2v) is 5.95. The van der Waals surface area contributed by atoms with Gasteiger partial charge in [0, 0.05) is 18.2 Å². The Labute approximate surface area is 122 Å². The molecular formula is C17H26N2O. The normalized spacial score (nSPS) is 21.3. The van der Waals surface area contributed by atoms with E-state index in [2.05, 4.69) is 30.8 Å². The highest BCUT2D eigenvalue weighted by atomic mass is 16.1. The van der Waals surface area contributed by atoms with E-state index in [4.69, 9.17) is 0 Å². The Morgan fingerprint density at radius 2 is 2.05 bits per heavy atom. The lowest BCUT2D eigenvalue weighted by atomic mass is 10.00. The summed E-state index contributed by atoms with van der Waals surface area (Å²) in [4.78, 5) is 17.4. The molecule has 3 heteroatoms. The number of carbonyl (C=O) groups excluding carboxylic acids is 1. The minimum Gasteiger partial charge on any atom is -0.308 e. The fourth-order valence-electron chi connectivity index (χ4n) is 3.25. The lowest BCUT2D eigenvalue weighted by Gasteiger charge is -2.33. The molecule has 1 aliphatic rings. The van der Waals surface area contributed by atoms with Gasteiger partial charge in [0.15, 0.2) is 5.78 Å². The molecular weight excluding hydrogens is 248 g/mol. The van der Waals surface area contributed by atoms with Crippen molar-refractivity contribution in [2.75, 3.05) is 27.2 Å². The Morgan fingerprint density at radius 3 is 2.65 bits per heavy atom. The summed E-state index contributed by atoms with van der Waals surface area (Å²) in [6.07, 6.45) is 3.30. The maximum absolute atomic E-state index is 12.7. The van der Waals surface area contributed by atoms with E-state index >= 15 is 0 Å². The number of rotatable bonds is 6. The smallest absolute Gasteiger partial charge is 0.179 e. The molecule has 1 heterocycles. The first-order valence-corrected chi connectivity index (χ1v) is 7.63. The minimum absolute atomic E-state index is 0.0323. The summed E-state index contributed by atoms with van der Waals surface area (Å²) in [7, 11) is 4.22. The molecule has 20 heavy (non-hydrogen) atoms. The molecule has 0 N–H and O–H groups in total. The second kappa shape index (κ2) is 7.00. The fraction of sp³-hybridized carbons (Fsp3) is 0.588. The van der Waals surface area contributed by atoms with Gasteiger partial charge in [-0.25, -0.2) is 0 Å². The van der Waals surface area contributed by atoms with Crippen LogP contribution in [0.3, 0.4) is 0 Å². The summed E-state index contributed by atoms with van der Waals surface area (Å²) >= 11 is 0. The Hall–Kier alpha value is -1.19. The van der Waals surface area contributed by atoms with Gasteiger partial charge in [0.2, 0.25) is 0 Å². The van der Waals surface area contributed by atoms with Crippen LogP contribution in [0, 0.1) is 0 Å². The number of Topliss-reactive ketones (excluding diaryl/α,β-unsaturated/α-hetero) is 1. The summed E-state index contributed by atoms with van der Waals surface area (Å²) < 4.78 is 0. The van der Waals surface area contributed by atoms with E-state index in [0.717, 1.165) is 25.1 Å². The third kappa shape index (κ3) is 3.47. The number of likely N-dealkylation sites (N-methyl/N-ethyl adjacent to an activating group) is 1. The molecule has 0 aromatic heterocycles. The summed E-state index contributed by atoms with van der Waals surface area (Å²) in [6, 6.07) is 10.3. The van der Waals surface area contributed by atoms with Gasteiger partial charge in [0.05, 0.1) is 6.04 Å². The third-order valence-corrected chi connectivity index (χ3v) is 4.15. The van der Waals surface area contributed by atoms with Crippen LogP contribution in [-0.4, -0.2) is 54.9 Å². The molecule has 1 aliphatic heterocycles. The number of likely N-dealkylation sites (tertiary alicyclic amines) is 1. The van der Waals surface area contributed by atoms with Gasteiger partial charge >= 0.3 is 0 Å². The van der Waals surface area contributed by atoms with Gasteiger partial charge in [0.25, 0.3) is 0 Å². The lowest BCUT2D eigenvalue weighted by molar-refractivity contribution is 0.0766. The quantitative estimate of drug-likeness (QED) is 0.745. The number of hydrogen-bond acceptors (Lipinski definition) is 3. The highest BCUT2D eigenvalue weighted by Gasteiger charge is 2.34. The van der Waals surface area contributed by atoms with Crippen LogP contribution in [0.25, 0.3) is 0 Å². The molecule has 1 saturated heterocycles. The summed E-state index contributed by atoms with van der Waals surface area (Å²) in [5.74, 6) is 0.277. The molecule has 0 radical (unpaired) electrons. The Bertz CT molecular complexity index is 430. The largest absolute Gasteiger partial charge is 0.308 e. The number of carbonyl (C=O) groups is 1. The average Bonchev–Trinajstić information content (AvgIpc) is 2.88. The second-order valence-electron chi connectivity index (χ2n) is 5.95. The number of benzene rings is 1. The predicted molar refractivity (Wildman–Crippen MR) is 83.1 cm³/mol. The predicted octanol–water partition coefficient (Wildman–Crippen LogP) is 2.67. The number of nitrogens with zero attached hydrogens (tertiary/aromatic N) is 2. The molecule has 110 valence electrons. The van der Waals surface area contributed by atoms with Crippen molar-refractivity contribution in [3.8, 4) is 0 Å². The van der Waals surface area contributed by atoms with Gasteiger partial charge in [-0.3, -0.25) is 9.69 Å². The maximum atomic E-state index is 12.7. The van der Waals surface area contributed by atoms with Gasteiger partial charge in [-0.1, -0.05) is 37.3 Å². The van der Waals surface area contributed by atoms with Crippen molar-refractivity contribution in [3.05, 3.63) is 35.9 Å². The zero-order valence-electron chi connectivity index (χ0n) is 12.9. The molecule has 2 rings (SSSR count). The lowest BCUT2D eigenvalue weighted by Crippen LogP contribution is -2.47. The molecule has 1 aromatic carbocycles. The van der Waals surface area contributed by atoms with Crippen molar-refractivity contribution in [3.63, 3.8) is 0 Å². The zero-order valence-corrected chi connectivity index (χ0v) is 12.9. The van der Waals surface area contributed by atoms with Gasteiger partial charge < -0.3 is 4.90 Å². The van der Waals surface area contributed by atoms with Crippen molar-refractivity contribution in [1.82, 2.24) is 9.80 Å². The number of ketones is 1. The molecule has 3 nitrogen and oxygen atoms in total. The number of hydrogen-bond donors (Lipinski definition) is 0. The Balaban J connectivity index is 2.13. The first-order valence-electron chi connectivity index (χ1n) is 7.63. The standard InChI is InChI=1S/C17H26N2O/c1-4-16(17(20)14-9-6-5-7-10-14)19-12-8-11-15(19)13-18(2)3/h5-7,9-10,15-16H,4,8,11-13H2,1-3H3. The van der Waals surface area contributed by atoms with Crippen molar-refractivity contribution in [2.24, 2.45) is 0 Å². The molecule has 1 fully saturated rings. The van der Waals surface area contributed by atoms with Crippen LogP contribution in [0.1, 0.15) is 36.5 Å². The highest BCUT2D eigenvalue weighted by molar-refractivity contribution is 6.00. The van der Waals surface area contributed by atoms with Gasteiger partial charge in [-0.2, -0.15) is 0 Å². The van der Waals surface area contributed by atoms with E-state index < -0.39 is 0 Å². The van der Waals surface area contributed by atoms with Crippen LogP contribution in [-0.2, 0) is 0 Å². The molecule has 2 atom stereocenters. The SMILES string of the molecule is CCC(C(=O)c1ccccc1)N1CCCC1CN(C)C. The van der Waals surface area contributed by atoms with Crippen LogP contribution in [0.5, 0.6) is 0 Å². The molecule has 0 aliphatic carbocycles. The van der Waals surface area contributed by atoms with Crippen molar-refractivity contribution in [2.45, 2.75) is 38.3 Å². The molecule has 2 unspecified atom stereocenters. The van der Waals surface area contributed by atoms with Crippen LogP contribution in [0.2, 0.25) is 0 Å². The summed E-state index contributed by atoms with van der Waals surface area (Å²) in [6.45, 7) is 4.21. The van der Waals surface area contributed by atoms with Crippen LogP contribution in [0.4, 0.5) is 0 Å². The molecule has 0 saturated carbocycles. The third-order valence-electron chi connectivity index (χ3n) is 4.15. The average molecular weight is 274 g/mol. The van der Waals surface area contributed by atoms with Gasteiger partial charge in [-0.15, -0.1) is 0 Å². The van der Waals surface area contributed by atoms with Crippen molar-refractivity contribution in [1.29, 1.82) is 0 Å². The summed E-state index contributed by atoms with van der Waals surface area (Å²) in [5.41, 5.74) is 0.842. The Morgan fingerprint density at radius 1 is 1.35 bits per heavy atom. The van der Waals surface area contributed by atoms with Crippen LogP contribution < -0.4 is 0 Å². The monoisotopic (exact) mass is 274 g/mol. The van der Waals surface area contributed by atoms with E-state index in [9.17, 15) is 4.79 Å². The van der Waals surface area contributed by atoms with E-state index in [-0.39, 0.29) is 11.8 Å². The van der Waals surface area contributed by atoms with Crippen LogP contribution in [0.15, 0.2) is 30.3 Å². The van der Waals surface area contributed by atoms with E-state index in [0.29, 0.717) is 6.04 Å². The topological polar surface area (TPSA) is 23.6 Å². The molecule has 0 bridgehead atoms. The van der Waals surface area contributed by atoms with Gasteiger partial charge in [0.1, 0.15) is 0 Å². The first kappa shape index (κ1) is 15.2. The molecule has 0 spiro atoms. The highest BCUT2D eigenvalue weighted by Crippen LogP contribution is 2.24. The van der Waals surface area contributed by atoms with Crippen molar-refractivity contribution >= 4 is 5.78 Å². The fourth-order valence-corrected chi connectivity index (χ4v) is 3.25. The first-order chi connectivity index (χ1) is 9.63.